The molecule has 0 aliphatic carbocycles. The van der Waals surface area contributed by atoms with Crippen LogP contribution in [0.4, 0.5) is 5.69 Å². The maximum absolute atomic E-state index is 5.76. The molecular formula is C21H28IN3O3. The summed E-state index contributed by atoms with van der Waals surface area (Å²) < 4.78 is 16.6. The van der Waals surface area contributed by atoms with E-state index < -0.39 is 0 Å². The molecule has 0 amide bonds. The Balaban J connectivity index is 0.00000280. The van der Waals surface area contributed by atoms with Crippen LogP contribution in [0.2, 0.25) is 0 Å². The molecule has 0 bridgehead atoms. The first-order valence-electron chi connectivity index (χ1n) is 9.30. The molecule has 2 aromatic carbocycles. The van der Waals surface area contributed by atoms with Gasteiger partial charge in [0.1, 0.15) is 0 Å². The second-order valence-electron chi connectivity index (χ2n) is 6.29. The van der Waals surface area contributed by atoms with Crippen molar-refractivity contribution in [3.63, 3.8) is 0 Å². The predicted octanol–water partition coefficient (Wildman–Crippen LogP) is 4.19. The predicted molar refractivity (Wildman–Crippen MR) is 123 cm³/mol. The lowest BCUT2D eigenvalue weighted by Crippen LogP contribution is -2.30. The molecule has 1 aliphatic heterocycles. The molecule has 1 heterocycles. The van der Waals surface area contributed by atoms with E-state index in [0.29, 0.717) is 26.4 Å². The molecule has 0 spiro atoms. The average molecular weight is 497 g/mol. The van der Waals surface area contributed by atoms with Crippen molar-refractivity contribution in [2.24, 2.45) is 4.99 Å². The summed E-state index contributed by atoms with van der Waals surface area (Å²) in [6.45, 7) is 5.36. The number of ether oxygens (including phenoxy) is 3. The highest BCUT2D eigenvalue weighted by atomic mass is 127. The van der Waals surface area contributed by atoms with Crippen molar-refractivity contribution >= 4 is 35.6 Å². The van der Waals surface area contributed by atoms with Crippen LogP contribution in [0.3, 0.4) is 0 Å². The van der Waals surface area contributed by atoms with Crippen LogP contribution >= 0.6 is 24.0 Å². The number of guanidine groups is 1. The van der Waals surface area contributed by atoms with E-state index in [2.05, 4.69) is 28.8 Å². The topological polar surface area (TPSA) is 64.1 Å². The lowest BCUT2D eigenvalue weighted by molar-refractivity contribution is 0.185. The number of nitrogens with zero attached hydrogens (tertiary/aromatic N) is 1. The Morgan fingerprint density at radius 1 is 1.07 bits per heavy atom. The highest BCUT2D eigenvalue weighted by Gasteiger charge is 2.11. The number of nitrogens with one attached hydrogen (secondary N) is 2. The monoisotopic (exact) mass is 497 g/mol. The summed E-state index contributed by atoms with van der Waals surface area (Å²) in [4.78, 5) is 4.69. The summed E-state index contributed by atoms with van der Waals surface area (Å²) in [6, 6.07) is 14.1. The molecule has 0 unspecified atom stereocenters. The number of fused-ring (bicyclic) bond motifs is 1. The normalized spacial score (nSPS) is 13.3. The Morgan fingerprint density at radius 2 is 1.86 bits per heavy atom. The minimum atomic E-state index is 0. The van der Waals surface area contributed by atoms with Crippen LogP contribution in [0.15, 0.2) is 47.5 Å². The second kappa shape index (κ2) is 11.8. The van der Waals surface area contributed by atoms with Crippen LogP contribution < -0.4 is 20.1 Å². The smallest absolute Gasteiger partial charge is 0.196 e. The number of hydrogen-bond donors (Lipinski definition) is 2. The van der Waals surface area contributed by atoms with Gasteiger partial charge in [0.25, 0.3) is 0 Å². The largest absolute Gasteiger partial charge is 0.490 e. The van der Waals surface area contributed by atoms with Crippen LogP contribution in [0.1, 0.15) is 24.5 Å². The van der Waals surface area contributed by atoms with Crippen molar-refractivity contribution in [1.82, 2.24) is 5.32 Å². The van der Waals surface area contributed by atoms with Gasteiger partial charge in [-0.05, 0) is 30.2 Å². The van der Waals surface area contributed by atoms with Crippen LogP contribution in [-0.4, -0.2) is 32.8 Å². The van der Waals surface area contributed by atoms with Crippen LogP contribution in [-0.2, 0) is 17.9 Å². The van der Waals surface area contributed by atoms with E-state index in [1.54, 1.807) is 7.11 Å². The van der Waals surface area contributed by atoms with Gasteiger partial charge in [0.2, 0.25) is 0 Å². The van der Waals surface area contributed by atoms with Crippen molar-refractivity contribution in [2.75, 3.05) is 32.2 Å². The van der Waals surface area contributed by atoms with Gasteiger partial charge in [0.05, 0.1) is 26.4 Å². The summed E-state index contributed by atoms with van der Waals surface area (Å²) in [5, 5.41) is 6.61. The summed E-state index contributed by atoms with van der Waals surface area (Å²) >= 11 is 0. The van der Waals surface area contributed by atoms with E-state index >= 15 is 0 Å². The number of hydrogen-bond acceptors (Lipinski definition) is 4. The number of halogens is 1. The fourth-order valence-electron chi connectivity index (χ4n) is 2.84. The molecular weight excluding hydrogens is 469 g/mol. The Bertz CT molecular complexity index is 783. The first-order chi connectivity index (χ1) is 13.3. The highest BCUT2D eigenvalue weighted by molar-refractivity contribution is 14.0. The minimum absolute atomic E-state index is 0. The zero-order valence-electron chi connectivity index (χ0n) is 16.4. The first kappa shape index (κ1) is 22.3. The van der Waals surface area contributed by atoms with Gasteiger partial charge in [-0.25, -0.2) is 4.99 Å². The summed E-state index contributed by atoms with van der Waals surface area (Å²) in [5.41, 5.74) is 3.19. The number of aliphatic imine (C=N–C) groups is 1. The van der Waals surface area contributed by atoms with Gasteiger partial charge < -0.3 is 24.8 Å². The molecule has 0 fully saturated rings. The quantitative estimate of drug-likeness (QED) is 0.356. The molecule has 0 saturated carbocycles. The Kier molecular flexibility index (Phi) is 9.36. The summed E-state index contributed by atoms with van der Waals surface area (Å²) in [5.74, 6) is 2.28. The lowest BCUT2D eigenvalue weighted by Gasteiger charge is -2.14. The average Bonchev–Trinajstić information content (AvgIpc) is 2.92. The third-order valence-electron chi connectivity index (χ3n) is 4.08. The minimum Gasteiger partial charge on any atom is -0.490 e. The fourth-order valence-corrected chi connectivity index (χ4v) is 2.84. The van der Waals surface area contributed by atoms with Gasteiger partial charge >= 0.3 is 0 Å². The standard InChI is InChI=1S/C21H27N3O3.HI/c1-3-22-21(23-14-16-6-4-7-17(12-16)15-25-2)24-18-8-9-19-20(13-18)27-11-5-10-26-19;/h4,6-9,12-13H,3,5,10-11,14-15H2,1-2H3,(H2,22,23,24);1H. The van der Waals surface area contributed by atoms with Gasteiger partial charge in [-0.1, -0.05) is 24.3 Å². The van der Waals surface area contributed by atoms with E-state index in [1.165, 1.54) is 0 Å². The van der Waals surface area contributed by atoms with Crippen LogP contribution in [0.25, 0.3) is 0 Å². The summed E-state index contributed by atoms with van der Waals surface area (Å²) in [6.07, 6.45) is 0.893. The van der Waals surface area contributed by atoms with E-state index in [4.69, 9.17) is 19.2 Å². The van der Waals surface area contributed by atoms with Gasteiger partial charge in [0, 0.05) is 31.8 Å². The molecule has 152 valence electrons. The molecule has 1 aliphatic rings. The molecule has 2 N–H and O–H groups in total. The van der Waals surface area contributed by atoms with E-state index in [1.807, 2.05) is 31.2 Å². The molecule has 28 heavy (non-hydrogen) atoms. The molecule has 0 radical (unpaired) electrons. The number of methoxy groups -OCH3 is 1. The van der Waals surface area contributed by atoms with Gasteiger partial charge in [-0.3, -0.25) is 0 Å². The van der Waals surface area contributed by atoms with Crippen molar-refractivity contribution in [2.45, 2.75) is 26.5 Å². The number of rotatable bonds is 6. The zero-order valence-corrected chi connectivity index (χ0v) is 18.7. The molecule has 6 nitrogen and oxygen atoms in total. The zero-order chi connectivity index (χ0) is 18.9. The first-order valence-corrected chi connectivity index (χ1v) is 9.30. The van der Waals surface area contributed by atoms with E-state index in [-0.39, 0.29) is 24.0 Å². The molecule has 0 atom stereocenters. The third kappa shape index (κ3) is 6.56. The molecule has 7 heteroatoms. The van der Waals surface area contributed by atoms with Gasteiger partial charge in [-0.15, -0.1) is 24.0 Å². The number of anilines is 1. The van der Waals surface area contributed by atoms with E-state index in [9.17, 15) is 0 Å². The third-order valence-corrected chi connectivity index (χ3v) is 4.08. The second-order valence-corrected chi connectivity index (χ2v) is 6.29. The van der Waals surface area contributed by atoms with Crippen molar-refractivity contribution < 1.29 is 14.2 Å². The Labute approximate surface area is 183 Å². The molecule has 0 saturated heterocycles. The fraction of sp³-hybridized carbons (Fsp3) is 0.381. The van der Waals surface area contributed by atoms with Crippen molar-refractivity contribution in [3.8, 4) is 11.5 Å². The molecule has 3 rings (SSSR count). The van der Waals surface area contributed by atoms with E-state index in [0.717, 1.165) is 47.2 Å². The van der Waals surface area contributed by atoms with Crippen molar-refractivity contribution in [1.29, 1.82) is 0 Å². The van der Waals surface area contributed by atoms with Crippen molar-refractivity contribution in [3.05, 3.63) is 53.6 Å². The van der Waals surface area contributed by atoms with Crippen LogP contribution in [0.5, 0.6) is 11.5 Å². The van der Waals surface area contributed by atoms with Crippen LogP contribution in [0, 0.1) is 0 Å². The number of benzene rings is 2. The van der Waals surface area contributed by atoms with Gasteiger partial charge in [0.15, 0.2) is 17.5 Å². The maximum Gasteiger partial charge on any atom is 0.196 e. The highest BCUT2D eigenvalue weighted by Crippen LogP contribution is 2.32. The van der Waals surface area contributed by atoms with Gasteiger partial charge in [-0.2, -0.15) is 0 Å². The summed E-state index contributed by atoms with van der Waals surface area (Å²) in [7, 11) is 1.70. The Morgan fingerprint density at radius 3 is 2.64 bits per heavy atom. The molecule has 2 aromatic rings. The Hall–Kier alpha value is -2.00. The SMILES string of the molecule is CCNC(=NCc1cccc(COC)c1)Nc1ccc2c(c1)OCCCO2.I. The lowest BCUT2D eigenvalue weighted by atomic mass is 10.1. The maximum atomic E-state index is 5.76. The molecule has 0 aromatic heterocycles.